The summed E-state index contributed by atoms with van der Waals surface area (Å²) < 4.78 is 1.16. The lowest BCUT2D eigenvalue weighted by Gasteiger charge is -2.43. The maximum absolute atomic E-state index is 3.70. The Bertz CT molecular complexity index is 376. The number of hydrogen-bond acceptors (Lipinski definition) is 2. The minimum atomic E-state index is 0.512. The summed E-state index contributed by atoms with van der Waals surface area (Å²) in [6.07, 6.45) is 4.16. The molecule has 17 heavy (non-hydrogen) atoms. The Morgan fingerprint density at radius 2 is 2.00 bits per heavy atom. The van der Waals surface area contributed by atoms with Crippen LogP contribution in [0.25, 0.3) is 0 Å². The van der Waals surface area contributed by atoms with Crippen molar-refractivity contribution >= 4 is 15.9 Å². The maximum atomic E-state index is 3.70. The molecular weight excluding hydrogens is 276 g/mol. The molecule has 0 saturated carbocycles. The number of rotatable bonds is 1. The van der Waals surface area contributed by atoms with Gasteiger partial charge in [-0.15, -0.1) is 0 Å². The molecule has 1 N–H and O–H groups in total. The number of hydrogen-bond donors (Lipinski definition) is 1. The standard InChI is InChI=1S/C14H19BrN2/c15-12-6-4-11(5-7-12)14-10-17-8-2-1-3-13(17)9-16-14/h4-7,13-14,16H,1-3,8-10H2. The zero-order valence-corrected chi connectivity index (χ0v) is 11.6. The van der Waals surface area contributed by atoms with Gasteiger partial charge in [-0.2, -0.15) is 0 Å². The molecule has 0 aliphatic carbocycles. The van der Waals surface area contributed by atoms with Crippen molar-refractivity contribution in [1.29, 1.82) is 0 Å². The van der Waals surface area contributed by atoms with E-state index < -0.39 is 0 Å². The van der Waals surface area contributed by atoms with E-state index in [4.69, 9.17) is 0 Å². The largest absolute Gasteiger partial charge is 0.307 e. The lowest BCUT2D eigenvalue weighted by molar-refractivity contribution is 0.0951. The molecule has 2 saturated heterocycles. The van der Waals surface area contributed by atoms with Crippen LogP contribution in [0.3, 0.4) is 0 Å². The summed E-state index contributed by atoms with van der Waals surface area (Å²) in [6, 6.07) is 10.0. The monoisotopic (exact) mass is 294 g/mol. The molecule has 3 rings (SSSR count). The van der Waals surface area contributed by atoms with Gasteiger partial charge in [-0.25, -0.2) is 0 Å². The van der Waals surface area contributed by atoms with Gasteiger partial charge in [0.15, 0.2) is 0 Å². The smallest absolute Gasteiger partial charge is 0.0449 e. The zero-order chi connectivity index (χ0) is 11.7. The van der Waals surface area contributed by atoms with Crippen LogP contribution in [0, 0.1) is 0 Å². The van der Waals surface area contributed by atoms with Crippen molar-refractivity contribution in [2.45, 2.75) is 31.3 Å². The number of piperazine rings is 1. The van der Waals surface area contributed by atoms with Crippen LogP contribution in [0.15, 0.2) is 28.7 Å². The Morgan fingerprint density at radius 1 is 1.18 bits per heavy atom. The van der Waals surface area contributed by atoms with Crippen LogP contribution < -0.4 is 5.32 Å². The van der Waals surface area contributed by atoms with E-state index in [0.29, 0.717) is 6.04 Å². The zero-order valence-electron chi connectivity index (χ0n) is 10.0. The van der Waals surface area contributed by atoms with E-state index in [2.05, 4.69) is 50.4 Å². The summed E-state index contributed by atoms with van der Waals surface area (Å²) >= 11 is 3.49. The predicted octanol–water partition coefficient (Wildman–Crippen LogP) is 2.95. The Morgan fingerprint density at radius 3 is 2.82 bits per heavy atom. The first-order chi connectivity index (χ1) is 8.33. The summed E-state index contributed by atoms with van der Waals surface area (Å²) in [7, 11) is 0. The number of benzene rings is 1. The van der Waals surface area contributed by atoms with Gasteiger partial charge in [0.1, 0.15) is 0 Å². The summed E-state index contributed by atoms with van der Waals surface area (Å²) in [5.41, 5.74) is 1.41. The SMILES string of the molecule is Brc1ccc(C2CN3CCCCC3CN2)cc1. The second kappa shape index (κ2) is 5.09. The molecule has 2 nitrogen and oxygen atoms in total. The van der Waals surface area contributed by atoms with Crippen molar-refractivity contribution < 1.29 is 0 Å². The van der Waals surface area contributed by atoms with Crippen LogP contribution in [-0.4, -0.2) is 30.6 Å². The van der Waals surface area contributed by atoms with Crippen molar-refractivity contribution in [1.82, 2.24) is 10.2 Å². The average molecular weight is 295 g/mol. The fraction of sp³-hybridized carbons (Fsp3) is 0.571. The second-order valence-electron chi connectivity index (χ2n) is 5.16. The van der Waals surface area contributed by atoms with Gasteiger partial charge in [-0.1, -0.05) is 34.5 Å². The topological polar surface area (TPSA) is 15.3 Å². The van der Waals surface area contributed by atoms with Gasteiger partial charge in [0.05, 0.1) is 0 Å². The van der Waals surface area contributed by atoms with Crippen molar-refractivity contribution in [2.24, 2.45) is 0 Å². The maximum Gasteiger partial charge on any atom is 0.0449 e. The van der Waals surface area contributed by atoms with Crippen molar-refractivity contribution in [3.8, 4) is 0 Å². The van der Waals surface area contributed by atoms with Crippen LogP contribution in [0.2, 0.25) is 0 Å². The molecular formula is C14H19BrN2. The fourth-order valence-corrected chi connectivity index (χ4v) is 3.29. The second-order valence-corrected chi connectivity index (χ2v) is 6.07. The molecule has 2 atom stereocenters. The van der Waals surface area contributed by atoms with Crippen LogP contribution in [-0.2, 0) is 0 Å². The van der Waals surface area contributed by atoms with Crippen LogP contribution in [0.1, 0.15) is 30.9 Å². The lowest BCUT2D eigenvalue weighted by atomic mass is 9.95. The first kappa shape index (κ1) is 11.7. The molecule has 1 aromatic rings. The molecule has 92 valence electrons. The summed E-state index contributed by atoms with van der Waals surface area (Å²) in [4.78, 5) is 2.67. The lowest BCUT2D eigenvalue weighted by Crippen LogP contribution is -2.54. The van der Waals surface area contributed by atoms with Gasteiger partial charge < -0.3 is 5.32 Å². The van der Waals surface area contributed by atoms with Gasteiger partial charge in [0.25, 0.3) is 0 Å². The molecule has 2 heterocycles. The molecule has 3 heteroatoms. The van der Waals surface area contributed by atoms with E-state index >= 15 is 0 Å². The van der Waals surface area contributed by atoms with Gasteiger partial charge in [0, 0.05) is 29.6 Å². The highest BCUT2D eigenvalue weighted by Crippen LogP contribution is 2.26. The fourth-order valence-electron chi connectivity index (χ4n) is 3.03. The molecule has 2 unspecified atom stereocenters. The van der Waals surface area contributed by atoms with E-state index in [0.717, 1.165) is 17.1 Å². The van der Waals surface area contributed by atoms with Crippen molar-refractivity contribution in [3.05, 3.63) is 34.3 Å². The van der Waals surface area contributed by atoms with Crippen LogP contribution >= 0.6 is 15.9 Å². The number of nitrogens with zero attached hydrogens (tertiary/aromatic N) is 1. The number of piperidine rings is 1. The van der Waals surface area contributed by atoms with Crippen molar-refractivity contribution in [3.63, 3.8) is 0 Å². The van der Waals surface area contributed by atoms with Gasteiger partial charge in [-0.3, -0.25) is 4.90 Å². The van der Waals surface area contributed by atoms with Crippen LogP contribution in [0.5, 0.6) is 0 Å². The Hall–Kier alpha value is -0.380. The minimum Gasteiger partial charge on any atom is -0.307 e. The highest BCUT2D eigenvalue weighted by molar-refractivity contribution is 9.10. The Labute approximate surface area is 112 Å². The van der Waals surface area contributed by atoms with Crippen molar-refractivity contribution in [2.75, 3.05) is 19.6 Å². The predicted molar refractivity (Wildman–Crippen MR) is 74.1 cm³/mol. The highest BCUT2D eigenvalue weighted by atomic mass is 79.9. The Balaban J connectivity index is 1.71. The third kappa shape index (κ3) is 2.56. The number of fused-ring (bicyclic) bond motifs is 1. The number of nitrogens with one attached hydrogen (secondary N) is 1. The van der Waals surface area contributed by atoms with Crippen LogP contribution in [0.4, 0.5) is 0 Å². The van der Waals surface area contributed by atoms with E-state index in [1.54, 1.807) is 0 Å². The molecule has 0 bridgehead atoms. The molecule has 0 spiro atoms. The molecule has 0 radical (unpaired) electrons. The van der Waals surface area contributed by atoms with E-state index in [9.17, 15) is 0 Å². The highest BCUT2D eigenvalue weighted by Gasteiger charge is 2.29. The van der Waals surface area contributed by atoms with Gasteiger partial charge >= 0.3 is 0 Å². The third-order valence-corrected chi connectivity index (χ3v) is 4.57. The Kier molecular flexibility index (Phi) is 3.50. The average Bonchev–Trinajstić information content (AvgIpc) is 2.39. The quantitative estimate of drug-likeness (QED) is 0.857. The first-order valence-electron chi connectivity index (χ1n) is 6.56. The molecule has 2 aliphatic heterocycles. The molecule has 0 aromatic heterocycles. The molecule has 0 amide bonds. The normalized spacial score (nSPS) is 29.9. The van der Waals surface area contributed by atoms with E-state index in [1.165, 1.54) is 37.9 Å². The van der Waals surface area contributed by atoms with Gasteiger partial charge in [0.2, 0.25) is 0 Å². The molecule has 1 aromatic carbocycles. The third-order valence-electron chi connectivity index (χ3n) is 4.04. The first-order valence-corrected chi connectivity index (χ1v) is 7.35. The molecule has 2 fully saturated rings. The van der Waals surface area contributed by atoms with E-state index in [1.807, 2.05) is 0 Å². The minimum absolute atomic E-state index is 0.512. The molecule has 2 aliphatic rings. The summed E-state index contributed by atoms with van der Waals surface area (Å²) in [5, 5.41) is 3.70. The number of halogens is 1. The van der Waals surface area contributed by atoms with E-state index in [-0.39, 0.29) is 0 Å². The summed E-state index contributed by atoms with van der Waals surface area (Å²) in [6.45, 7) is 3.62. The summed E-state index contributed by atoms with van der Waals surface area (Å²) in [5.74, 6) is 0. The van der Waals surface area contributed by atoms with Gasteiger partial charge in [-0.05, 0) is 37.1 Å².